The van der Waals surface area contributed by atoms with Crippen LogP contribution in [0.1, 0.15) is 29.6 Å². The van der Waals surface area contributed by atoms with E-state index in [4.69, 9.17) is 0 Å². The molecule has 0 radical (unpaired) electrons. The Morgan fingerprint density at radius 3 is 2.44 bits per heavy atom. The Bertz CT molecular complexity index is 431. The number of imide groups is 1. The Balaban J connectivity index is 2.51. The molecule has 0 aliphatic rings. The minimum Gasteiger partial charge on any atom is -0.341 e. The highest BCUT2D eigenvalue weighted by molar-refractivity contribution is 7.12. The van der Waals surface area contributed by atoms with Gasteiger partial charge in [-0.05, 0) is 32.9 Å². The molecule has 0 bridgehead atoms. The van der Waals surface area contributed by atoms with Crippen LogP contribution in [0.2, 0.25) is 0 Å². The molecule has 6 heteroatoms. The largest absolute Gasteiger partial charge is 0.341 e. The van der Waals surface area contributed by atoms with E-state index < -0.39 is 12.1 Å². The Labute approximate surface area is 111 Å². The first-order valence-electron chi connectivity index (χ1n) is 5.79. The van der Waals surface area contributed by atoms with Crippen LogP contribution in [0.4, 0.5) is 4.79 Å². The number of aryl methyl sites for hydroxylation is 1. The minimum atomic E-state index is -0.492. The summed E-state index contributed by atoms with van der Waals surface area (Å²) in [5, 5.41) is 7.74. The molecule has 0 saturated carbocycles. The third kappa shape index (κ3) is 4.12. The Kier molecular flexibility index (Phi) is 5.30. The fraction of sp³-hybridized carbons (Fsp3) is 0.500. The van der Waals surface area contributed by atoms with Gasteiger partial charge in [0.25, 0.3) is 0 Å². The second kappa shape index (κ2) is 6.51. The highest BCUT2D eigenvalue weighted by Gasteiger charge is 2.18. The van der Waals surface area contributed by atoms with Gasteiger partial charge in [-0.3, -0.25) is 15.4 Å². The molecule has 1 aromatic heterocycles. The zero-order valence-corrected chi connectivity index (χ0v) is 11.9. The lowest BCUT2D eigenvalue weighted by Gasteiger charge is -2.18. The smallest absolute Gasteiger partial charge is 0.321 e. The zero-order valence-electron chi connectivity index (χ0n) is 11.0. The van der Waals surface area contributed by atoms with Crippen molar-refractivity contribution >= 4 is 23.3 Å². The lowest BCUT2D eigenvalue weighted by molar-refractivity contribution is -0.121. The maximum absolute atomic E-state index is 11.7. The van der Waals surface area contributed by atoms with Gasteiger partial charge in [-0.2, -0.15) is 0 Å². The maximum Gasteiger partial charge on any atom is 0.321 e. The van der Waals surface area contributed by atoms with Crippen LogP contribution in [-0.2, 0) is 4.79 Å². The van der Waals surface area contributed by atoms with Gasteiger partial charge in [-0.25, -0.2) is 4.79 Å². The lowest BCUT2D eigenvalue weighted by Crippen LogP contribution is -2.47. The molecule has 1 heterocycles. The van der Waals surface area contributed by atoms with Crippen LogP contribution in [0.5, 0.6) is 0 Å². The second-order valence-electron chi connectivity index (χ2n) is 4.13. The molecule has 5 nitrogen and oxygen atoms in total. The van der Waals surface area contributed by atoms with Crippen molar-refractivity contribution in [1.82, 2.24) is 16.0 Å². The molecule has 3 amide bonds. The van der Waals surface area contributed by atoms with Crippen molar-refractivity contribution < 1.29 is 9.59 Å². The van der Waals surface area contributed by atoms with Crippen molar-refractivity contribution in [3.05, 3.63) is 21.9 Å². The fourth-order valence-electron chi connectivity index (χ4n) is 1.50. The summed E-state index contributed by atoms with van der Waals surface area (Å²) >= 11 is 1.69. The SMILES string of the molecule is CNC(=O)NC(=O)C(C)NC(C)c1ccc(C)s1. The number of rotatable bonds is 4. The average Bonchev–Trinajstić information content (AvgIpc) is 2.75. The van der Waals surface area contributed by atoms with Crippen molar-refractivity contribution in [2.45, 2.75) is 32.9 Å². The molecule has 18 heavy (non-hydrogen) atoms. The third-order valence-electron chi connectivity index (χ3n) is 2.54. The van der Waals surface area contributed by atoms with E-state index in [-0.39, 0.29) is 11.9 Å². The number of thiophene rings is 1. The normalized spacial score (nSPS) is 13.8. The molecular weight excluding hydrogens is 250 g/mol. The summed E-state index contributed by atoms with van der Waals surface area (Å²) in [6.45, 7) is 5.77. The van der Waals surface area contributed by atoms with Gasteiger partial charge in [-0.15, -0.1) is 11.3 Å². The molecule has 1 aromatic rings. The Morgan fingerprint density at radius 2 is 1.94 bits per heavy atom. The number of nitrogens with one attached hydrogen (secondary N) is 3. The molecular formula is C12H19N3O2S. The summed E-state index contributed by atoms with van der Waals surface area (Å²) in [4.78, 5) is 25.1. The molecule has 0 aliphatic heterocycles. The van der Waals surface area contributed by atoms with E-state index in [1.165, 1.54) is 16.8 Å². The van der Waals surface area contributed by atoms with Gasteiger partial charge in [-0.1, -0.05) is 0 Å². The maximum atomic E-state index is 11.7. The molecule has 0 aromatic carbocycles. The summed E-state index contributed by atoms with van der Waals surface area (Å²) in [7, 11) is 1.47. The van der Waals surface area contributed by atoms with Crippen molar-refractivity contribution in [1.29, 1.82) is 0 Å². The van der Waals surface area contributed by atoms with Gasteiger partial charge in [0.05, 0.1) is 6.04 Å². The molecule has 0 saturated heterocycles. The first-order valence-corrected chi connectivity index (χ1v) is 6.60. The molecule has 100 valence electrons. The van der Waals surface area contributed by atoms with E-state index >= 15 is 0 Å². The molecule has 0 fully saturated rings. The predicted molar refractivity (Wildman–Crippen MR) is 72.7 cm³/mol. The Hall–Kier alpha value is -1.40. The standard InChI is InChI=1S/C12H19N3O2S/c1-7-5-6-10(18-7)8(2)14-9(3)11(16)15-12(17)13-4/h5-6,8-9,14H,1-4H3,(H2,13,15,16,17). The van der Waals surface area contributed by atoms with E-state index in [0.29, 0.717) is 0 Å². The summed E-state index contributed by atoms with van der Waals surface area (Å²) in [5.41, 5.74) is 0. The van der Waals surface area contributed by atoms with Crippen LogP contribution >= 0.6 is 11.3 Å². The fourth-order valence-corrected chi connectivity index (χ4v) is 2.39. The van der Waals surface area contributed by atoms with E-state index in [9.17, 15) is 9.59 Å². The molecule has 1 rings (SSSR count). The van der Waals surface area contributed by atoms with Gasteiger partial charge in [0, 0.05) is 22.8 Å². The number of carbonyl (C=O) groups is 2. The summed E-state index contributed by atoms with van der Waals surface area (Å²) in [5.74, 6) is -0.338. The number of hydrogen-bond acceptors (Lipinski definition) is 4. The van der Waals surface area contributed by atoms with Gasteiger partial charge in [0.2, 0.25) is 5.91 Å². The molecule has 3 N–H and O–H groups in total. The first-order chi connectivity index (χ1) is 8.43. The quantitative estimate of drug-likeness (QED) is 0.776. The van der Waals surface area contributed by atoms with E-state index in [0.717, 1.165) is 0 Å². The predicted octanol–water partition coefficient (Wildman–Crippen LogP) is 1.55. The minimum absolute atomic E-state index is 0.0779. The number of hydrogen-bond donors (Lipinski definition) is 3. The zero-order chi connectivity index (χ0) is 13.7. The van der Waals surface area contributed by atoms with E-state index in [1.807, 2.05) is 26.0 Å². The summed E-state index contributed by atoms with van der Waals surface area (Å²) in [6.07, 6.45) is 0. The van der Waals surface area contributed by atoms with Crippen molar-refractivity contribution in [3.63, 3.8) is 0 Å². The van der Waals surface area contributed by atoms with Crippen LogP contribution in [-0.4, -0.2) is 25.0 Å². The molecule has 0 aliphatic carbocycles. The van der Waals surface area contributed by atoms with Crippen LogP contribution in [0, 0.1) is 6.92 Å². The lowest BCUT2D eigenvalue weighted by atomic mass is 10.2. The van der Waals surface area contributed by atoms with Crippen molar-refractivity contribution in [2.75, 3.05) is 7.05 Å². The third-order valence-corrected chi connectivity index (χ3v) is 3.73. The van der Waals surface area contributed by atoms with Crippen LogP contribution < -0.4 is 16.0 Å². The van der Waals surface area contributed by atoms with Gasteiger partial charge in [0.15, 0.2) is 0 Å². The monoisotopic (exact) mass is 269 g/mol. The van der Waals surface area contributed by atoms with Crippen molar-refractivity contribution in [2.24, 2.45) is 0 Å². The number of carbonyl (C=O) groups excluding carboxylic acids is 2. The van der Waals surface area contributed by atoms with E-state index in [2.05, 4.69) is 16.0 Å². The highest BCUT2D eigenvalue weighted by Crippen LogP contribution is 2.22. The van der Waals surface area contributed by atoms with Crippen LogP contribution in [0.3, 0.4) is 0 Å². The first kappa shape index (κ1) is 14.7. The molecule has 2 unspecified atom stereocenters. The number of amides is 3. The summed E-state index contributed by atoms with van der Waals surface area (Å²) in [6, 6.07) is 3.25. The van der Waals surface area contributed by atoms with Gasteiger partial charge in [0.1, 0.15) is 0 Å². The highest BCUT2D eigenvalue weighted by atomic mass is 32.1. The Morgan fingerprint density at radius 1 is 1.28 bits per heavy atom. The van der Waals surface area contributed by atoms with Gasteiger partial charge >= 0.3 is 6.03 Å². The van der Waals surface area contributed by atoms with Gasteiger partial charge < -0.3 is 5.32 Å². The van der Waals surface area contributed by atoms with Crippen molar-refractivity contribution in [3.8, 4) is 0 Å². The van der Waals surface area contributed by atoms with Crippen LogP contribution in [0.15, 0.2) is 12.1 Å². The molecule has 2 atom stereocenters. The van der Waals surface area contributed by atoms with Crippen LogP contribution in [0.25, 0.3) is 0 Å². The molecule has 0 spiro atoms. The van der Waals surface area contributed by atoms with E-state index in [1.54, 1.807) is 18.3 Å². The second-order valence-corrected chi connectivity index (χ2v) is 5.45. The number of urea groups is 1. The summed E-state index contributed by atoms with van der Waals surface area (Å²) < 4.78 is 0. The average molecular weight is 269 g/mol. The topological polar surface area (TPSA) is 70.2 Å².